The number of benzene rings is 5. The van der Waals surface area contributed by atoms with E-state index in [1.807, 2.05) is 32.9 Å². The van der Waals surface area contributed by atoms with Crippen LogP contribution in [0.25, 0.3) is 0 Å². The fourth-order valence-corrected chi connectivity index (χ4v) is 8.14. The number of halogens is 6. The normalized spacial score (nSPS) is 22.1. The van der Waals surface area contributed by atoms with Crippen molar-refractivity contribution < 1.29 is 40.6 Å². The Bertz CT molecular complexity index is 2080. The van der Waals surface area contributed by atoms with Gasteiger partial charge >= 0.3 is 0 Å². The standard InChI is InChI=1S/2C8H8F2.2C8H9F.2C8H16.C8H10.C7H14O.C6H12O2/c2*1-5-3-7(9)6(2)8(10)4-5;2*1-6-3-4-7(2)8(9)5-6;3*1-7-3-5-8(2)6-4-7;1-6-3-4-7(2)8-5-6;1-5-3-7-6(2)8-4-5/h2*3-4H,1-2H3;2*3-5H,1-2H3;2*7-8H,3-6H2,1-2H3;3-6H,1-2H3;6-7H,3-5H2,1-2H3;5-6H,3-4H2,1-2H3. The molecule has 9 rings (SSSR count). The first kappa shape index (κ1) is 71.6. The lowest BCUT2D eigenvalue weighted by Crippen LogP contribution is -2.27. The lowest BCUT2D eigenvalue weighted by Gasteiger charge is -2.24. The molecule has 4 aliphatic rings. The molecule has 0 N–H and O–H groups in total. The topological polar surface area (TPSA) is 27.7 Å². The van der Waals surface area contributed by atoms with E-state index < -0.39 is 23.3 Å². The van der Waals surface area contributed by atoms with E-state index in [0.29, 0.717) is 34.3 Å². The van der Waals surface area contributed by atoms with Gasteiger partial charge in [0.1, 0.15) is 34.9 Å². The van der Waals surface area contributed by atoms with Crippen molar-refractivity contribution in [3.63, 3.8) is 0 Å². The summed E-state index contributed by atoms with van der Waals surface area (Å²) < 4.78 is 91.3. The molecule has 2 aliphatic heterocycles. The fraction of sp³-hybridized carbons (Fsp3) is 0.565. The van der Waals surface area contributed by atoms with Gasteiger partial charge in [0.2, 0.25) is 0 Å². The Morgan fingerprint density at radius 2 is 0.538 bits per heavy atom. The summed E-state index contributed by atoms with van der Waals surface area (Å²) in [5, 5.41) is 0. The Morgan fingerprint density at radius 1 is 0.282 bits per heavy atom. The van der Waals surface area contributed by atoms with Crippen LogP contribution in [0.5, 0.6) is 0 Å². The molecular formula is C69H102F6O3. The third kappa shape index (κ3) is 33.2. The maximum atomic E-state index is 12.6. The van der Waals surface area contributed by atoms with Gasteiger partial charge < -0.3 is 14.2 Å². The van der Waals surface area contributed by atoms with Crippen LogP contribution in [0.15, 0.2) is 84.9 Å². The highest BCUT2D eigenvalue weighted by Crippen LogP contribution is 2.28. The molecule has 2 atom stereocenters. The van der Waals surface area contributed by atoms with Crippen LogP contribution in [-0.2, 0) is 14.2 Å². The molecule has 2 aliphatic carbocycles. The van der Waals surface area contributed by atoms with Crippen molar-refractivity contribution in [3.8, 4) is 0 Å². The summed E-state index contributed by atoms with van der Waals surface area (Å²) in [6.45, 7) is 38.2. The van der Waals surface area contributed by atoms with Crippen LogP contribution in [0.3, 0.4) is 0 Å². The number of hydrogen-bond acceptors (Lipinski definition) is 3. The van der Waals surface area contributed by atoms with Gasteiger partial charge in [-0.25, -0.2) is 26.3 Å². The number of rotatable bonds is 0. The zero-order valence-corrected chi connectivity index (χ0v) is 51.4. The maximum absolute atomic E-state index is 12.6. The van der Waals surface area contributed by atoms with Crippen LogP contribution in [0.1, 0.15) is 175 Å². The van der Waals surface area contributed by atoms with Crippen molar-refractivity contribution in [2.75, 3.05) is 19.8 Å². The Morgan fingerprint density at radius 3 is 0.769 bits per heavy atom. The summed E-state index contributed by atoms with van der Waals surface area (Å²) in [5.41, 5.74) is 7.42. The second-order valence-electron chi connectivity index (χ2n) is 23.3. The molecule has 9 heteroatoms. The van der Waals surface area contributed by atoms with E-state index in [1.54, 1.807) is 39.8 Å². The molecule has 5 aromatic carbocycles. The van der Waals surface area contributed by atoms with Crippen LogP contribution in [0.4, 0.5) is 26.3 Å². The molecule has 2 saturated carbocycles. The largest absolute Gasteiger partial charge is 0.378 e. The zero-order valence-electron chi connectivity index (χ0n) is 51.4. The number of hydrogen-bond donors (Lipinski definition) is 0. The molecule has 2 heterocycles. The van der Waals surface area contributed by atoms with Crippen molar-refractivity contribution in [3.05, 3.63) is 175 Å². The highest BCUT2D eigenvalue weighted by Gasteiger charge is 2.16. The maximum Gasteiger partial charge on any atom is 0.154 e. The van der Waals surface area contributed by atoms with Crippen LogP contribution in [-0.4, -0.2) is 32.2 Å². The monoisotopic (exact) mass is 1090 g/mol. The predicted octanol–water partition coefficient (Wildman–Crippen LogP) is 20.9. The molecule has 0 amide bonds. The molecule has 0 spiro atoms. The van der Waals surface area contributed by atoms with E-state index in [1.165, 1.54) is 126 Å². The van der Waals surface area contributed by atoms with Crippen LogP contribution in [0, 0.1) is 140 Å². The molecule has 0 radical (unpaired) electrons. The van der Waals surface area contributed by atoms with E-state index in [-0.39, 0.29) is 29.1 Å². The van der Waals surface area contributed by atoms with E-state index in [9.17, 15) is 26.3 Å². The number of ether oxygens (including phenoxy) is 3. The van der Waals surface area contributed by atoms with E-state index >= 15 is 0 Å². The lowest BCUT2D eigenvalue weighted by atomic mass is 9.84. The Labute approximate surface area is 470 Å². The van der Waals surface area contributed by atoms with Crippen molar-refractivity contribution in [1.29, 1.82) is 0 Å². The summed E-state index contributed by atoms with van der Waals surface area (Å²) in [4.78, 5) is 0. The Kier molecular flexibility index (Phi) is 35.8. The fourth-order valence-electron chi connectivity index (χ4n) is 8.14. The van der Waals surface area contributed by atoms with Crippen molar-refractivity contribution in [2.24, 2.45) is 35.5 Å². The minimum atomic E-state index is -0.475. The summed E-state index contributed by atoms with van der Waals surface area (Å²) in [6.07, 6.45) is 14.9. The average Bonchev–Trinajstić information content (AvgIpc) is 3.38. The SMILES string of the molecule is CC1CCC(C)CC1.CC1CCC(C)CC1.CC1CCC(C)OC1.CC1COC(C)OC1.Cc1cc(F)c(C)c(F)c1.Cc1cc(F)c(C)c(F)c1.Cc1ccc(C)c(F)c1.Cc1ccc(C)c(F)c1.Cc1ccc(C)cc1. The van der Waals surface area contributed by atoms with E-state index in [4.69, 9.17) is 14.2 Å². The molecule has 0 bridgehead atoms. The molecule has 2 saturated heterocycles. The average molecular weight is 1090 g/mol. The Balaban J connectivity index is 0.000000439. The quantitative estimate of drug-likeness (QED) is 0.145. The highest BCUT2D eigenvalue weighted by atomic mass is 19.2. The van der Waals surface area contributed by atoms with Gasteiger partial charge in [0.15, 0.2) is 6.29 Å². The molecule has 0 aromatic heterocycles. The van der Waals surface area contributed by atoms with Gasteiger partial charge in [-0.1, -0.05) is 153 Å². The second kappa shape index (κ2) is 39.0. The van der Waals surface area contributed by atoms with E-state index in [2.05, 4.69) is 86.6 Å². The molecule has 5 aromatic rings. The minimum Gasteiger partial charge on any atom is -0.378 e. The van der Waals surface area contributed by atoms with Gasteiger partial charge in [0, 0.05) is 23.7 Å². The zero-order chi connectivity index (χ0) is 59.1. The summed E-state index contributed by atoms with van der Waals surface area (Å²) >= 11 is 0. The van der Waals surface area contributed by atoms with Gasteiger partial charge in [-0.2, -0.15) is 0 Å². The third-order valence-electron chi connectivity index (χ3n) is 14.3. The van der Waals surface area contributed by atoms with Gasteiger partial charge in [-0.15, -0.1) is 0 Å². The summed E-state index contributed by atoms with van der Waals surface area (Å²) in [6, 6.07) is 24.2. The molecule has 4 fully saturated rings. The number of aryl methyl sites for hydroxylation is 8. The van der Waals surface area contributed by atoms with Crippen LogP contribution >= 0.6 is 0 Å². The Hall–Kier alpha value is -4.44. The van der Waals surface area contributed by atoms with Crippen molar-refractivity contribution in [2.45, 2.75) is 201 Å². The minimum absolute atomic E-state index is 0.0196. The molecule has 438 valence electrons. The van der Waals surface area contributed by atoms with Gasteiger partial charge in [0.25, 0.3) is 0 Å². The summed E-state index contributed by atoms with van der Waals surface area (Å²) in [7, 11) is 0. The first-order valence-electron chi connectivity index (χ1n) is 28.7. The smallest absolute Gasteiger partial charge is 0.154 e. The third-order valence-corrected chi connectivity index (χ3v) is 14.3. The van der Waals surface area contributed by atoms with Crippen molar-refractivity contribution in [1.82, 2.24) is 0 Å². The van der Waals surface area contributed by atoms with Crippen LogP contribution < -0.4 is 0 Å². The highest BCUT2D eigenvalue weighted by molar-refractivity contribution is 5.25. The molecular weight excluding hydrogens is 991 g/mol. The lowest BCUT2D eigenvalue weighted by molar-refractivity contribution is -0.187. The molecule has 78 heavy (non-hydrogen) atoms. The molecule has 2 unspecified atom stereocenters. The predicted molar refractivity (Wildman–Crippen MR) is 317 cm³/mol. The first-order chi connectivity index (χ1) is 36.6. The van der Waals surface area contributed by atoms with Gasteiger partial charge in [0.05, 0.1) is 19.3 Å². The van der Waals surface area contributed by atoms with Gasteiger partial charge in [-0.3, -0.25) is 0 Å². The molecule has 3 nitrogen and oxygen atoms in total. The van der Waals surface area contributed by atoms with Crippen molar-refractivity contribution >= 4 is 0 Å². The van der Waals surface area contributed by atoms with E-state index in [0.717, 1.165) is 60.5 Å². The van der Waals surface area contributed by atoms with Crippen LogP contribution in [0.2, 0.25) is 0 Å². The second-order valence-corrected chi connectivity index (χ2v) is 23.3. The van der Waals surface area contributed by atoms with Gasteiger partial charge in [-0.05, 0) is 195 Å². The summed E-state index contributed by atoms with van der Waals surface area (Å²) in [5.74, 6) is 3.32. The first-order valence-corrected chi connectivity index (χ1v) is 28.7.